The van der Waals surface area contributed by atoms with Gasteiger partial charge in [0, 0.05) is 6.54 Å². The molecule has 3 rings (SSSR count). The van der Waals surface area contributed by atoms with Crippen LogP contribution < -0.4 is 16.0 Å². The second-order valence-corrected chi connectivity index (χ2v) is 10.3. The summed E-state index contributed by atoms with van der Waals surface area (Å²) in [5.74, 6) is -0.633. The molecule has 3 fully saturated rings. The fourth-order valence-corrected chi connectivity index (χ4v) is 5.80. The number of unbranched alkanes of at least 4 members (excludes halogenated alkanes) is 1. The second kappa shape index (κ2) is 11.6. The number of aliphatic hydroxyl groups excluding tert-OH is 3. The van der Waals surface area contributed by atoms with Gasteiger partial charge in [-0.05, 0) is 45.1 Å². The van der Waals surface area contributed by atoms with Crippen LogP contribution in [-0.2, 0) is 14.3 Å². The number of alkyl halides is 2. The van der Waals surface area contributed by atoms with Crippen molar-refractivity contribution in [2.45, 2.75) is 92.9 Å². The second-order valence-electron chi connectivity index (χ2n) is 9.58. The van der Waals surface area contributed by atoms with Crippen molar-refractivity contribution >= 4 is 23.9 Å². The number of rotatable bonds is 11. The minimum Gasteiger partial charge on any atom is -0.390 e. The Morgan fingerprint density at radius 2 is 2.03 bits per heavy atom. The van der Waals surface area contributed by atoms with Gasteiger partial charge in [-0.15, -0.1) is 11.6 Å². The highest BCUT2D eigenvalue weighted by atomic mass is 35.5. The number of hydrogen-bond acceptors (Lipinski definition) is 7. The number of fused-ring (bicyclic) bond motifs is 1. The highest BCUT2D eigenvalue weighted by molar-refractivity contribution is 6.21. The molecule has 4 unspecified atom stereocenters. The maximum Gasteiger partial charge on any atom is 0.237 e. The maximum atomic E-state index is 13.2. The van der Waals surface area contributed by atoms with Crippen molar-refractivity contribution in [1.29, 1.82) is 0 Å². The number of carbonyl (C=O) groups is 2. The average Bonchev–Trinajstić information content (AvgIpc) is 3.46. The SMILES string of the molecule is C[C@H](Cl)[C@@H](NC(=O)[C@@H]1CC[C@H](CCCCF)CCN1)C12OC(CNC=O)[C@H](O)C(O)C1[C@@H]2O. The fraction of sp³-hybridized carbons (Fsp3) is 0.909. The molecule has 2 saturated heterocycles. The number of halogens is 2. The van der Waals surface area contributed by atoms with Gasteiger partial charge in [-0.2, -0.15) is 0 Å². The summed E-state index contributed by atoms with van der Waals surface area (Å²) in [5.41, 5.74) is -1.36. The van der Waals surface area contributed by atoms with Crippen molar-refractivity contribution in [1.82, 2.24) is 16.0 Å². The Bertz CT molecular complexity index is 676. The van der Waals surface area contributed by atoms with Crippen LogP contribution in [-0.4, -0.2) is 94.9 Å². The zero-order chi connectivity index (χ0) is 24.2. The van der Waals surface area contributed by atoms with Crippen LogP contribution in [0, 0.1) is 11.8 Å². The molecule has 33 heavy (non-hydrogen) atoms. The van der Waals surface area contributed by atoms with Crippen LogP contribution in [0.15, 0.2) is 0 Å². The molecule has 0 aromatic carbocycles. The molecule has 3 aliphatic rings. The van der Waals surface area contributed by atoms with Crippen LogP contribution in [0.1, 0.15) is 45.4 Å². The van der Waals surface area contributed by atoms with Gasteiger partial charge in [-0.3, -0.25) is 14.0 Å². The highest BCUT2D eigenvalue weighted by Gasteiger charge is 2.77. The standard InChI is InChI=1S/C22H37ClFN3O6/c1-12(23)19(22-16(20(22)31)18(30)17(29)15(33-22)10-25-11-28)27-21(32)14-6-5-13(7-9-26-14)4-2-3-8-24/h11-20,26,29-31H,2-10H2,1H3,(H,25,28)(H,27,32)/t12-,13-,14-,15?,16?,17-,18?,19+,20-,22?/m0/s1. The normalized spacial score (nSPS) is 40.1. The van der Waals surface area contributed by atoms with Crippen LogP contribution in [0.2, 0.25) is 0 Å². The number of aliphatic hydroxyl groups is 3. The molecule has 9 nitrogen and oxygen atoms in total. The molecule has 2 aliphatic heterocycles. The monoisotopic (exact) mass is 493 g/mol. The molecule has 1 aliphatic carbocycles. The molecule has 11 heteroatoms. The van der Waals surface area contributed by atoms with E-state index >= 15 is 0 Å². The lowest BCUT2D eigenvalue weighted by Crippen LogP contribution is -2.62. The quantitative estimate of drug-likeness (QED) is 0.131. The zero-order valence-electron chi connectivity index (χ0n) is 19.0. The summed E-state index contributed by atoms with van der Waals surface area (Å²) in [4.78, 5) is 23.8. The molecule has 2 heterocycles. The summed E-state index contributed by atoms with van der Waals surface area (Å²) in [7, 11) is 0. The number of amides is 2. The largest absolute Gasteiger partial charge is 0.390 e. The Labute approximate surface area is 198 Å². The van der Waals surface area contributed by atoms with E-state index in [9.17, 15) is 29.3 Å². The van der Waals surface area contributed by atoms with Crippen LogP contribution in [0.5, 0.6) is 0 Å². The summed E-state index contributed by atoms with van der Waals surface area (Å²) in [6, 6.07) is -1.26. The summed E-state index contributed by atoms with van der Waals surface area (Å²) >= 11 is 6.43. The lowest BCUT2D eigenvalue weighted by atomic mass is 9.92. The first kappa shape index (κ1) is 26.6. The van der Waals surface area contributed by atoms with E-state index in [-0.39, 0.29) is 19.1 Å². The Kier molecular flexibility index (Phi) is 9.33. The molecule has 0 aromatic rings. The van der Waals surface area contributed by atoms with E-state index in [1.807, 2.05) is 0 Å². The minimum atomic E-state index is -1.36. The molecule has 2 amide bonds. The summed E-state index contributed by atoms with van der Waals surface area (Å²) < 4.78 is 18.4. The van der Waals surface area contributed by atoms with E-state index in [1.54, 1.807) is 6.92 Å². The van der Waals surface area contributed by atoms with Crippen molar-refractivity contribution in [2.75, 3.05) is 19.8 Å². The molecule has 0 bridgehead atoms. The van der Waals surface area contributed by atoms with E-state index in [0.29, 0.717) is 31.7 Å². The summed E-state index contributed by atoms with van der Waals surface area (Å²) in [6.07, 6.45) is 0.546. The third-order valence-electron chi connectivity index (χ3n) is 7.43. The van der Waals surface area contributed by atoms with E-state index in [0.717, 1.165) is 25.7 Å². The Morgan fingerprint density at radius 1 is 1.27 bits per heavy atom. The number of ether oxygens (including phenoxy) is 1. The van der Waals surface area contributed by atoms with Gasteiger partial charge >= 0.3 is 0 Å². The predicted octanol–water partition coefficient (Wildman–Crippen LogP) is -0.407. The van der Waals surface area contributed by atoms with Gasteiger partial charge in [-0.25, -0.2) is 0 Å². The van der Waals surface area contributed by atoms with E-state index < -0.39 is 53.4 Å². The van der Waals surface area contributed by atoms with Gasteiger partial charge in [0.25, 0.3) is 0 Å². The van der Waals surface area contributed by atoms with Crippen molar-refractivity contribution in [2.24, 2.45) is 11.8 Å². The van der Waals surface area contributed by atoms with Crippen molar-refractivity contribution in [3.05, 3.63) is 0 Å². The maximum absolute atomic E-state index is 13.2. The number of nitrogens with one attached hydrogen (secondary N) is 3. The van der Waals surface area contributed by atoms with E-state index in [2.05, 4.69) is 16.0 Å². The number of carbonyl (C=O) groups excluding carboxylic acids is 2. The Morgan fingerprint density at radius 3 is 2.70 bits per heavy atom. The molecule has 1 saturated carbocycles. The molecule has 6 N–H and O–H groups in total. The third kappa shape index (κ3) is 5.62. The first-order valence-electron chi connectivity index (χ1n) is 11.9. The zero-order valence-corrected chi connectivity index (χ0v) is 19.7. The highest BCUT2D eigenvalue weighted by Crippen LogP contribution is 2.57. The van der Waals surface area contributed by atoms with Gasteiger partial charge < -0.3 is 36.0 Å². The molecular weight excluding hydrogens is 457 g/mol. The molecule has 0 aromatic heterocycles. The first-order chi connectivity index (χ1) is 15.8. The van der Waals surface area contributed by atoms with Crippen LogP contribution in [0.4, 0.5) is 4.39 Å². The molecule has 190 valence electrons. The number of hydrogen-bond donors (Lipinski definition) is 6. The predicted molar refractivity (Wildman–Crippen MR) is 119 cm³/mol. The van der Waals surface area contributed by atoms with Gasteiger partial charge in [0.1, 0.15) is 17.8 Å². The molecular formula is C22H37ClFN3O6. The molecule has 0 spiro atoms. The van der Waals surface area contributed by atoms with Gasteiger partial charge in [0.15, 0.2) is 0 Å². The van der Waals surface area contributed by atoms with E-state index in [1.165, 1.54) is 0 Å². The Balaban J connectivity index is 1.66. The lowest BCUT2D eigenvalue weighted by Gasteiger charge is -2.41. The molecule has 0 radical (unpaired) electrons. The average molecular weight is 494 g/mol. The smallest absolute Gasteiger partial charge is 0.237 e. The Hall–Kier alpha value is -1.04. The van der Waals surface area contributed by atoms with Crippen LogP contribution in [0.25, 0.3) is 0 Å². The van der Waals surface area contributed by atoms with Gasteiger partial charge in [0.2, 0.25) is 12.3 Å². The molecule has 10 atom stereocenters. The van der Waals surface area contributed by atoms with E-state index in [4.69, 9.17) is 16.3 Å². The van der Waals surface area contributed by atoms with Gasteiger partial charge in [-0.1, -0.05) is 12.8 Å². The minimum absolute atomic E-state index is 0.0613. The third-order valence-corrected chi connectivity index (χ3v) is 7.69. The van der Waals surface area contributed by atoms with Crippen LogP contribution in [0.3, 0.4) is 0 Å². The summed E-state index contributed by atoms with van der Waals surface area (Å²) in [6.45, 7) is 1.98. The summed E-state index contributed by atoms with van der Waals surface area (Å²) in [5, 5.41) is 39.6. The van der Waals surface area contributed by atoms with Crippen molar-refractivity contribution < 1.29 is 34.0 Å². The van der Waals surface area contributed by atoms with Gasteiger partial charge in [0.05, 0.1) is 42.3 Å². The van der Waals surface area contributed by atoms with Crippen molar-refractivity contribution in [3.8, 4) is 0 Å². The van der Waals surface area contributed by atoms with Crippen LogP contribution >= 0.6 is 11.6 Å². The fourth-order valence-electron chi connectivity index (χ4n) is 5.54. The first-order valence-corrected chi connectivity index (χ1v) is 12.3. The topological polar surface area (TPSA) is 140 Å². The van der Waals surface area contributed by atoms with Crippen molar-refractivity contribution in [3.63, 3.8) is 0 Å². The lowest BCUT2D eigenvalue weighted by molar-refractivity contribution is -0.183.